The molecule has 1 aromatic carbocycles. The molecule has 0 bridgehead atoms. The van der Waals surface area contributed by atoms with E-state index < -0.39 is 5.82 Å². The maximum atomic E-state index is 13.5. The lowest BCUT2D eigenvalue weighted by Crippen LogP contribution is -2.43. The number of hydrogen-bond acceptors (Lipinski definition) is 7. The molecule has 0 aliphatic carbocycles. The zero-order valence-corrected chi connectivity index (χ0v) is 15.6. The van der Waals surface area contributed by atoms with Crippen molar-refractivity contribution < 1.29 is 18.4 Å². The van der Waals surface area contributed by atoms with Gasteiger partial charge in [-0.1, -0.05) is 5.16 Å². The van der Waals surface area contributed by atoms with Crippen molar-refractivity contribution in [1.29, 1.82) is 0 Å². The van der Waals surface area contributed by atoms with Crippen LogP contribution in [-0.4, -0.2) is 59.7 Å². The quantitative estimate of drug-likeness (QED) is 0.679. The van der Waals surface area contributed by atoms with Gasteiger partial charge in [-0.2, -0.15) is 0 Å². The lowest BCUT2D eigenvalue weighted by Gasteiger charge is -2.32. The molecule has 1 atom stereocenters. The Kier molecular flexibility index (Phi) is 4.91. The molecule has 2 aromatic heterocycles. The zero-order valence-electron chi connectivity index (χ0n) is 15.6. The molecule has 1 amide bonds. The second-order valence-electron chi connectivity index (χ2n) is 6.82. The lowest BCUT2D eigenvalue weighted by molar-refractivity contribution is -0.138. The van der Waals surface area contributed by atoms with Gasteiger partial charge >= 0.3 is 0 Å². The largest absolute Gasteiger partial charge is 0.368 e. The van der Waals surface area contributed by atoms with Crippen molar-refractivity contribution in [2.24, 2.45) is 0 Å². The molecule has 146 valence electrons. The number of amides is 1. The van der Waals surface area contributed by atoms with Gasteiger partial charge in [-0.05, 0) is 24.3 Å². The van der Waals surface area contributed by atoms with Gasteiger partial charge in [0.25, 0.3) is 0 Å². The van der Waals surface area contributed by atoms with Gasteiger partial charge in [0.1, 0.15) is 17.6 Å². The summed E-state index contributed by atoms with van der Waals surface area (Å²) in [7, 11) is 3.73. The number of rotatable bonds is 4. The third-order valence-electron chi connectivity index (χ3n) is 4.64. The van der Waals surface area contributed by atoms with Gasteiger partial charge in [-0.3, -0.25) is 4.79 Å². The molecule has 0 N–H and O–H groups in total. The molecule has 1 aliphatic heterocycles. The molecule has 1 saturated heterocycles. The Hall–Kier alpha value is -3.07. The minimum Gasteiger partial charge on any atom is -0.368 e. The molecule has 1 unspecified atom stereocenters. The van der Waals surface area contributed by atoms with Crippen LogP contribution in [0.2, 0.25) is 0 Å². The predicted molar refractivity (Wildman–Crippen MR) is 99.3 cm³/mol. The molecule has 0 spiro atoms. The minimum atomic E-state index is -0.392. The average molecular weight is 385 g/mol. The van der Waals surface area contributed by atoms with Crippen molar-refractivity contribution in [3.63, 3.8) is 0 Å². The van der Waals surface area contributed by atoms with Crippen molar-refractivity contribution in [2.75, 3.05) is 38.7 Å². The van der Waals surface area contributed by atoms with E-state index in [9.17, 15) is 9.18 Å². The van der Waals surface area contributed by atoms with Crippen LogP contribution in [0.3, 0.4) is 0 Å². The van der Waals surface area contributed by atoms with Crippen molar-refractivity contribution in [3.05, 3.63) is 47.7 Å². The van der Waals surface area contributed by atoms with Gasteiger partial charge in [-0.25, -0.2) is 14.4 Å². The summed E-state index contributed by atoms with van der Waals surface area (Å²) in [6, 6.07) is 5.93. The van der Waals surface area contributed by atoms with Crippen molar-refractivity contribution >= 4 is 22.8 Å². The summed E-state index contributed by atoms with van der Waals surface area (Å²) in [5, 5.41) is 4.45. The summed E-state index contributed by atoms with van der Waals surface area (Å²) in [6.45, 7) is 1.27. The highest BCUT2D eigenvalue weighted by Gasteiger charge is 2.27. The number of carbonyl (C=O) groups is 1. The number of benzene rings is 1. The van der Waals surface area contributed by atoms with E-state index in [0.29, 0.717) is 42.3 Å². The molecule has 0 radical (unpaired) electrons. The van der Waals surface area contributed by atoms with E-state index in [1.165, 1.54) is 18.2 Å². The first-order valence-electron chi connectivity index (χ1n) is 8.94. The van der Waals surface area contributed by atoms with E-state index in [2.05, 4.69) is 15.1 Å². The first-order chi connectivity index (χ1) is 13.5. The summed E-state index contributed by atoms with van der Waals surface area (Å²) in [5.41, 5.74) is 1.62. The molecule has 28 heavy (non-hydrogen) atoms. The first kappa shape index (κ1) is 18.3. The van der Waals surface area contributed by atoms with Crippen LogP contribution in [0, 0.1) is 5.82 Å². The maximum absolute atomic E-state index is 13.5. The van der Waals surface area contributed by atoms with Crippen LogP contribution < -0.4 is 4.90 Å². The summed E-state index contributed by atoms with van der Waals surface area (Å²) in [5.74, 6) is 0.0755. The number of ether oxygens (including phenoxy) is 1. The van der Waals surface area contributed by atoms with Gasteiger partial charge in [0.15, 0.2) is 5.58 Å². The highest BCUT2D eigenvalue weighted by Crippen LogP contribution is 2.24. The molecule has 3 aromatic rings. The van der Waals surface area contributed by atoms with Crippen LogP contribution in [0.25, 0.3) is 11.0 Å². The van der Waals surface area contributed by atoms with Crippen LogP contribution in [0.5, 0.6) is 0 Å². The molecule has 9 heteroatoms. The number of halogens is 1. The van der Waals surface area contributed by atoms with Crippen molar-refractivity contribution in [1.82, 2.24) is 20.0 Å². The highest BCUT2D eigenvalue weighted by molar-refractivity contribution is 5.86. The Morgan fingerprint density at radius 3 is 3.04 bits per heavy atom. The van der Waals surface area contributed by atoms with Gasteiger partial charge in [0.05, 0.1) is 25.3 Å². The van der Waals surface area contributed by atoms with Crippen LogP contribution in [0.15, 0.2) is 35.0 Å². The Morgan fingerprint density at radius 2 is 2.21 bits per heavy atom. The zero-order chi connectivity index (χ0) is 19.7. The van der Waals surface area contributed by atoms with E-state index in [-0.39, 0.29) is 18.4 Å². The molecule has 1 fully saturated rings. The SMILES string of the molecule is CN(C)c1nccc(C2CN(C(=O)Cc3noc4ccc(F)cc34)CCO2)n1. The van der Waals surface area contributed by atoms with Gasteiger partial charge in [0, 0.05) is 32.2 Å². The van der Waals surface area contributed by atoms with Gasteiger partial charge < -0.3 is 19.1 Å². The first-order valence-corrected chi connectivity index (χ1v) is 8.94. The Balaban J connectivity index is 1.49. The second-order valence-corrected chi connectivity index (χ2v) is 6.82. The summed E-state index contributed by atoms with van der Waals surface area (Å²) in [4.78, 5) is 25.0. The fraction of sp³-hybridized carbons (Fsp3) is 0.368. The fourth-order valence-corrected chi connectivity index (χ4v) is 3.15. The number of fused-ring (bicyclic) bond motifs is 1. The predicted octanol–water partition coefficient (Wildman–Crippen LogP) is 1.97. The normalized spacial score (nSPS) is 17.1. The van der Waals surface area contributed by atoms with Crippen LogP contribution in [0.4, 0.5) is 10.3 Å². The summed E-state index contributed by atoms with van der Waals surface area (Å²) < 4.78 is 24.5. The number of nitrogens with zero attached hydrogens (tertiary/aromatic N) is 5. The second kappa shape index (κ2) is 7.51. The van der Waals surface area contributed by atoms with Crippen LogP contribution in [-0.2, 0) is 16.0 Å². The summed E-state index contributed by atoms with van der Waals surface area (Å²) >= 11 is 0. The van der Waals surface area contributed by atoms with Crippen LogP contribution >= 0.6 is 0 Å². The highest BCUT2D eigenvalue weighted by atomic mass is 19.1. The fourth-order valence-electron chi connectivity index (χ4n) is 3.15. The molecule has 0 saturated carbocycles. The minimum absolute atomic E-state index is 0.0376. The molecule has 1 aliphatic rings. The maximum Gasteiger partial charge on any atom is 0.228 e. The number of anilines is 1. The third kappa shape index (κ3) is 3.65. The van der Waals surface area contributed by atoms with Gasteiger partial charge in [0.2, 0.25) is 11.9 Å². The van der Waals surface area contributed by atoms with Crippen LogP contribution in [0.1, 0.15) is 17.5 Å². The Bertz CT molecular complexity index is 1010. The smallest absolute Gasteiger partial charge is 0.228 e. The van der Waals surface area contributed by atoms with Crippen molar-refractivity contribution in [2.45, 2.75) is 12.5 Å². The monoisotopic (exact) mass is 385 g/mol. The van der Waals surface area contributed by atoms with Gasteiger partial charge in [-0.15, -0.1) is 0 Å². The van der Waals surface area contributed by atoms with Crippen molar-refractivity contribution in [3.8, 4) is 0 Å². The molecule has 4 rings (SSSR count). The summed E-state index contributed by atoms with van der Waals surface area (Å²) in [6.07, 6.45) is 1.39. The van der Waals surface area contributed by atoms with E-state index in [1.54, 1.807) is 17.2 Å². The number of carbonyl (C=O) groups excluding carboxylic acids is 1. The number of morpholine rings is 1. The molecular weight excluding hydrogens is 365 g/mol. The van der Waals surface area contributed by atoms with E-state index >= 15 is 0 Å². The molecule has 3 heterocycles. The van der Waals surface area contributed by atoms with E-state index in [1.807, 2.05) is 19.0 Å². The number of hydrogen-bond donors (Lipinski definition) is 0. The lowest BCUT2D eigenvalue weighted by atomic mass is 10.1. The topological polar surface area (TPSA) is 84.6 Å². The molecular formula is C19H20FN5O3. The van der Waals surface area contributed by atoms with E-state index in [0.717, 1.165) is 5.69 Å². The number of aromatic nitrogens is 3. The Morgan fingerprint density at radius 1 is 1.36 bits per heavy atom. The Labute approximate surface area is 160 Å². The molecule has 8 nitrogen and oxygen atoms in total. The third-order valence-corrected chi connectivity index (χ3v) is 4.64. The average Bonchev–Trinajstić information content (AvgIpc) is 3.10. The standard InChI is InChI=1S/C19H20FN5O3/c1-24(2)19-21-6-5-14(22-19)17-11-25(7-8-27-17)18(26)10-15-13-9-12(20)3-4-16(13)28-23-15/h3-6,9,17H,7-8,10-11H2,1-2H3. The van der Waals surface area contributed by atoms with E-state index in [4.69, 9.17) is 9.26 Å².